The molecule has 2 heteroatoms. The Hall–Kier alpha value is -0.790. The van der Waals surface area contributed by atoms with Crippen molar-refractivity contribution < 1.29 is 9.53 Å². The van der Waals surface area contributed by atoms with Crippen molar-refractivity contribution in [2.45, 2.75) is 78.2 Å². The quantitative estimate of drug-likeness (QED) is 0.508. The first-order chi connectivity index (χ1) is 8.47. The van der Waals surface area contributed by atoms with E-state index in [0.717, 1.165) is 32.1 Å². The topological polar surface area (TPSA) is 26.3 Å². The van der Waals surface area contributed by atoms with Gasteiger partial charge in [-0.25, -0.2) is 4.79 Å². The summed E-state index contributed by atoms with van der Waals surface area (Å²) in [5.41, 5.74) is 0.397. The summed E-state index contributed by atoms with van der Waals surface area (Å²) in [5, 5.41) is 0. The summed E-state index contributed by atoms with van der Waals surface area (Å²) in [6.45, 7) is 12.1. The van der Waals surface area contributed by atoms with Crippen LogP contribution in [-0.4, -0.2) is 11.6 Å². The average molecular weight is 252 g/mol. The highest BCUT2D eigenvalue weighted by molar-refractivity contribution is 5.87. The molecule has 0 aromatic rings. The molecule has 104 valence electrons. The first kappa shape index (κ1) is 15.3. The van der Waals surface area contributed by atoms with E-state index in [1.54, 1.807) is 6.92 Å². The zero-order chi connectivity index (χ0) is 13.8. The van der Waals surface area contributed by atoms with Gasteiger partial charge in [-0.15, -0.1) is 0 Å². The van der Waals surface area contributed by atoms with Gasteiger partial charge >= 0.3 is 5.97 Å². The van der Waals surface area contributed by atoms with Gasteiger partial charge in [0.15, 0.2) is 0 Å². The summed E-state index contributed by atoms with van der Waals surface area (Å²) in [5.74, 6) is -0.211. The third kappa shape index (κ3) is 2.48. The minimum atomic E-state index is -0.249. The van der Waals surface area contributed by atoms with Gasteiger partial charge in [-0.3, -0.25) is 0 Å². The summed E-state index contributed by atoms with van der Waals surface area (Å²) >= 11 is 0. The van der Waals surface area contributed by atoms with Gasteiger partial charge in [0.1, 0.15) is 5.60 Å². The minimum absolute atomic E-state index is 0.134. The van der Waals surface area contributed by atoms with Gasteiger partial charge in [-0.1, -0.05) is 27.4 Å². The molecule has 1 saturated carbocycles. The van der Waals surface area contributed by atoms with Crippen LogP contribution < -0.4 is 0 Å². The molecule has 18 heavy (non-hydrogen) atoms. The van der Waals surface area contributed by atoms with Gasteiger partial charge in [-0.05, 0) is 51.9 Å². The zero-order valence-electron chi connectivity index (χ0n) is 12.5. The van der Waals surface area contributed by atoms with E-state index in [2.05, 4.69) is 27.4 Å². The molecule has 0 bridgehead atoms. The highest BCUT2D eigenvalue weighted by Gasteiger charge is 2.52. The van der Waals surface area contributed by atoms with E-state index in [-0.39, 0.29) is 17.0 Å². The zero-order valence-corrected chi connectivity index (χ0v) is 12.5. The molecular formula is C16H28O2. The van der Waals surface area contributed by atoms with Crippen molar-refractivity contribution in [2.75, 3.05) is 0 Å². The second-order valence-electron chi connectivity index (χ2n) is 5.71. The molecule has 1 aliphatic rings. The lowest BCUT2D eigenvalue weighted by molar-refractivity contribution is -0.174. The molecule has 0 aromatic carbocycles. The summed E-state index contributed by atoms with van der Waals surface area (Å²) in [6, 6.07) is 0. The van der Waals surface area contributed by atoms with Crippen molar-refractivity contribution in [2.24, 2.45) is 5.41 Å². The maximum atomic E-state index is 12.0. The third-order valence-corrected chi connectivity index (χ3v) is 5.04. The fourth-order valence-electron chi connectivity index (χ4n) is 3.67. The molecule has 0 amide bonds. The molecule has 2 nitrogen and oxygen atoms in total. The van der Waals surface area contributed by atoms with Gasteiger partial charge in [-0.2, -0.15) is 0 Å². The van der Waals surface area contributed by atoms with Crippen LogP contribution in [-0.2, 0) is 9.53 Å². The molecule has 0 spiro atoms. The fourth-order valence-corrected chi connectivity index (χ4v) is 3.67. The Kier molecular flexibility index (Phi) is 5.01. The van der Waals surface area contributed by atoms with Crippen molar-refractivity contribution >= 4 is 5.97 Å². The molecule has 1 fully saturated rings. The number of esters is 1. The van der Waals surface area contributed by atoms with E-state index in [9.17, 15) is 4.79 Å². The summed E-state index contributed by atoms with van der Waals surface area (Å²) < 4.78 is 5.96. The van der Waals surface area contributed by atoms with E-state index in [0.29, 0.717) is 5.57 Å². The van der Waals surface area contributed by atoms with Gasteiger partial charge in [0.25, 0.3) is 0 Å². The summed E-state index contributed by atoms with van der Waals surface area (Å²) in [4.78, 5) is 12.0. The molecule has 0 N–H and O–H groups in total. The predicted octanol–water partition coefficient (Wildman–Crippen LogP) is 4.63. The Morgan fingerprint density at radius 3 is 1.94 bits per heavy atom. The average Bonchev–Trinajstić information content (AvgIpc) is 2.82. The van der Waals surface area contributed by atoms with Crippen molar-refractivity contribution in [3.05, 3.63) is 12.2 Å². The van der Waals surface area contributed by atoms with Gasteiger partial charge in [0.2, 0.25) is 0 Å². The Labute approximate surface area is 112 Å². The largest absolute Gasteiger partial charge is 0.455 e. The van der Waals surface area contributed by atoms with Crippen molar-refractivity contribution in [3.63, 3.8) is 0 Å². The molecule has 0 radical (unpaired) electrons. The van der Waals surface area contributed by atoms with E-state index >= 15 is 0 Å². The Balaban J connectivity index is 3.06. The van der Waals surface area contributed by atoms with Crippen molar-refractivity contribution in [3.8, 4) is 0 Å². The van der Waals surface area contributed by atoms with E-state index in [1.165, 1.54) is 12.8 Å². The lowest BCUT2D eigenvalue weighted by Crippen LogP contribution is -2.49. The lowest BCUT2D eigenvalue weighted by Gasteiger charge is -2.47. The number of hydrogen-bond acceptors (Lipinski definition) is 2. The Morgan fingerprint density at radius 2 is 1.61 bits per heavy atom. The molecule has 0 saturated heterocycles. The smallest absolute Gasteiger partial charge is 0.333 e. The number of carbonyl (C=O) groups is 1. The van der Waals surface area contributed by atoms with E-state index < -0.39 is 0 Å². The Bertz CT molecular complexity index is 299. The van der Waals surface area contributed by atoms with Crippen LogP contribution in [0.3, 0.4) is 0 Å². The molecule has 0 heterocycles. The van der Waals surface area contributed by atoms with Crippen LogP contribution >= 0.6 is 0 Å². The molecule has 1 rings (SSSR count). The number of carbonyl (C=O) groups excluding carboxylic acids is 1. The van der Waals surface area contributed by atoms with Crippen molar-refractivity contribution in [1.82, 2.24) is 0 Å². The normalized spacial score (nSPS) is 18.7. The van der Waals surface area contributed by atoms with Gasteiger partial charge in [0, 0.05) is 11.0 Å². The molecule has 1 aliphatic carbocycles. The Morgan fingerprint density at radius 1 is 1.17 bits per heavy atom. The van der Waals surface area contributed by atoms with Gasteiger partial charge < -0.3 is 4.74 Å². The second-order valence-corrected chi connectivity index (χ2v) is 5.71. The minimum Gasteiger partial charge on any atom is -0.455 e. The molecule has 0 aliphatic heterocycles. The number of hydrogen-bond donors (Lipinski definition) is 0. The lowest BCUT2D eigenvalue weighted by atomic mass is 9.65. The standard InChI is InChI=1S/C16H28O2/c1-6-15(7-2,8-3)16(11-9-10-12-16)18-14(17)13(4)5/h4,6-12H2,1-3,5H3. The molecular weight excluding hydrogens is 224 g/mol. The molecule has 0 atom stereocenters. The van der Waals surface area contributed by atoms with Gasteiger partial charge in [0.05, 0.1) is 0 Å². The summed E-state index contributed by atoms with van der Waals surface area (Å²) in [7, 11) is 0. The summed E-state index contributed by atoms with van der Waals surface area (Å²) in [6.07, 6.45) is 7.59. The number of ether oxygens (including phenoxy) is 1. The van der Waals surface area contributed by atoms with E-state index in [4.69, 9.17) is 4.74 Å². The SMILES string of the molecule is C=C(C)C(=O)OC1(C(CC)(CC)CC)CCCC1. The van der Waals surface area contributed by atoms with Crippen LogP contribution in [0.15, 0.2) is 12.2 Å². The maximum Gasteiger partial charge on any atom is 0.333 e. The first-order valence-corrected chi connectivity index (χ1v) is 7.36. The van der Waals surface area contributed by atoms with Crippen molar-refractivity contribution in [1.29, 1.82) is 0 Å². The van der Waals surface area contributed by atoms with Crippen LogP contribution in [0.1, 0.15) is 72.6 Å². The van der Waals surface area contributed by atoms with E-state index in [1.807, 2.05) is 0 Å². The monoisotopic (exact) mass is 252 g/mol. The predicted molar refractivity (Wildman–Crippen MR) is 75.4 cm³/mol. The molecule has 0 aromatic heterocycles. The highest BCUT2D eigenvalue weighted by atomic mass is 16.6. The highest BCUT2D eigenvalue weighted by Crippen LogP contribution is 2.52. The van der Waals surface area contributed by atoms with Crippen LogP contribution in [0.25, 0.3) is 0 Å². The fraction of sp³-hybridized carbons (Fsp3) is 0.812. The molecule has 0 unspecified atom stereocenters. The second kappa shape index (κ2) is 5.90. The maximum absolute atomic E-state index is 12.0. The van der Waals surface area contributed by atoms with Crippen LogP contribution in [0.5, 0.6) is 0 Å². The van der Waals surface area contributed by atoms with Crippen LogP contribution in [0.2, 0.25) is 0 Å². The van der Waals surface area contributed by atoms with Crippen LogP contribution in [0.4, 0.5) is 0 Å². The first-order valence-electron chi connectivity index (χ1n) is 7.36. The third-order valence-electron chi connectivity index (χ3n) is 5.04. The number of rotatable bonds is 6. The van der Waals surface area contributed by atoms with Crippen LogP contribution in [0, 0.1) is 5.41 Å².